The number of halogens is 4. The van der Waals surface area contributed by atoms with Crippen LogP contribution in [0, 0.1) is 5.82 Å². The first kappa shape index (κ1) is 19.7. The van der Waals surface area contributed by atoms with Crippen LogP contribution < -0.4 is 10.6 Å². The Morgan fingerprint density at radius 3 is 2.38 bits per heavy atom. The Hall–Kier alpha value is -2.32. The van der Waals surface area contributed by atoms with Crippen molar-refractivity contribution in [2.45, 2.75) is 33.0 Å². The van der Waals surface area contributed by atoms with Crippen LogP contribution in [0.15, 0.2) is 18.2 Å². The van der Waals surface area contributed by atoms with Crippen molar-refractivity contribution in [1.82, 2.24) is 4.90 Å². The van der Waals surface area contributed by atoms with Crippen molar-refractivity contribution in [3.63, 3.8) is 0 Å². The number of nitrogens with one attached hydrogen (secondary N) is 2. The van der Waals surface area contributed by atoms with Gasteiger partial charge in [-0.1, -0.05) is 0 Å². The van der Waals surface area contributed by atoms with E-state index in [9.17, 15) is 27.2 Å². The number of rotatable bonds is 6. The molecule has 9 heteroatoms. The van der Waals surface area contributed by atoms with Gasteiger partial charge in [-0.05, 0) is 32.0 Å². The zero-order valence-corrected chi connectivity index (χ0v) is 13.5. The lowest BCUT2D eigenvalue weighted by Gasteiger charge is -2.28. The monoisotopic (exact) mass is 349 g/mol. The van der Waals surface area contributed by atoms with E-state index < -0.39 is 37.0 Å². The second kappa shape index (κ2) is 7.98. The van der Waals surface area contributed by atoms with Crippen molar-refractivity contribution in [3.05, 3.63) is 24.0 Å². The average molecular weight is 349 g/mol. The number of amides is 2. The van der Waals surface area contributed by atoms with Gasteiger partial charge in [0.1, 0.15) is 12.4 Å². The lowest BCUT2D eigenvalue weighted by molar-refractivity contribution is -0.163. The minimum Gasteiger partial charge on any atom is -0.374 e. The Labute approximate surface area is 137 Å². The smallest absolute Gasteiger partial charge is 0.374 e. The van der Waals surface area contributed by atoms with Gasteiger partial charge in [0, 0.05) is 18.7 Å². The summed E-state index contributed by atoms with van der Waals surface area (Å²) in [6.45, 7) is 2.31. The second-order valence-electron chi connectivity index (χ2n) is 5.46. The molecule has 0 saturated carbocycles. The Kier molecular flexibility index (Phi) is 6.56. The lowest BCUT2D eigenvalue weighted by Crippen LogP contribution is -2.45. The van der Waals surface area contributed by atoms with E-state index >= 15 is 0 Å². The highest BCUT2D eigenvalue weighted by Crippen LogP contribution is 2.21. The molecule has 0 aromatic heterocycles. The molecule has 24 heavy (non-hydrogen) atoms. The van der Waals surface area contributed by atoms with E-state index in [4.69, 9.17) is 0 Å². The standard InChI is InChI=1S/C15H19F4N3O2/c1-9(2)22(8-15(17,18)19)14(24)7-20-13-6-11(21-10(3)23)4-5-12(13)16/h4-6,9,20H,7-8H2,1-3H3,(H,21,23). The molecule has 0 heterocycles. The molecule has 1 rings (SSSR count). The van der Waals surface area contributed by atoms with Crippen LogP contribution in [0.2, 0.25) is 0 Å². The highest BCUT2D eigenvalue weighted by Gasteiger charge is 2.34. The van der Waals surface area contributed by atoms with Crippen LogP contribution in [0.4, 0.5) is 28.9 Å². The molecule has 0 saturated heterocycles. The summed E-state index contributed by atoms with van der Waals surface area (Å²) < 4.78 is 51.2. The molecular weight excluding hydrogens is 330 g/mol. The summed E-state index contributed by atoms with van der Waals surface area (Å²) in [6.07, 6.45) is -4.52. The minimum atomic E-state index is -4.52. The van der Waals surface area contributed by atoms with E-state index in [0.29, 0.717) is 10.6 Å². The lowest BCUT2D eigenvalue weighted by atomic mass is 10.2. The molecule has 0 aliphatic rings. The number of hydrogen-bond donors (Lipinski definition) is 2. The molecule has 1 aromatic rings. The summed E-state index contributed by atoms with van der Waals surface area (Å²) in [4.78, 5) is 23.6. The van der Waals surface area contributed by atoms with E-state index in [1.807, 2.05) is 0 Å². The van der Waals surface area contributed by atoms with E-state index in [-0.39, 0.29) is 11.6 Å². The van der Waals surface area contributed by atoms with Gasteiger partial charge in [0.05, 0.1) is 12.2 Å². The third kappa shape index (κ3) is 6.43. The molecule has 1 aromatic carbocycles. The van der Waals surface area contributed by atoms with Crippen LogP contribution in [0.5, 0.6) is 0 Å². The number of carbonyl (C=O) groups excluding carboxylic acids is 2. The fourth-order valence-electron chi connectivity index (χ4n) is 1.97. The first-order chi connectivity index (χ1) is 11.0. The molecule has 0 aliphatic heterocycles. The molecule has 2 N–H and O–H groups in total. The van der Waals surface area contributed by atoms with Crippen molar-refractivity contribution < 1.29 is 27.2 Å². The summed E-state index contributed by atoms with van der Waals surface area (Å²) in [6, 6.07) is 3.01. The Bertz CT molecular complexity index is 603. The van der Waals surface area contributed by atoms with Crippen LogP contribution in [-0.4, -0.2) is 42.0 Å². The van der Waals surface area contributed by atoms with Gasteiger partial charge >= 0.3 is 6.18 Å². The molecule has 0 radical (unpaired) electrons. The van der Waals surface area contributed by atoms with Gasteiger partial charge in [0.15, 0.2) is 0 Å². The van der Waals surface area contributed by atoms with E-state index in [0.717, 1.165) is 6.07 Å². The molecule has 134 valence electrons. The molecule has 0 spiro atoms. The predicted molar refractivity (Wildman–Crippen MR) is 82.1 cm³/mol. The minimum absolute atomic E-state index is 0.0923. The van der Waals surface area contributed by atoms with Crippen LogP contribution in [-0.2, 0) is 9.59 Å². The van der Waals surface area contributed by atoms with Gasteiger partial charge in [-0.15, -0.1) is 0 Å². The SMILES string of the molecule is CC(=O)Nc1ccc(F)c(NCC(=O)N(CC(F)(F)F)C(C)C)c1. The summed E-state index contributed by atoms with van der Waals surface area (Å²) in [5.41, 5.74) is 0.208. The zero-order valence-electron chi connectivity index (χ0n) is 13.5. The predicted octanol–water partition coefficient (Wildman–Crippen LogP) is 3.00. The Morgan fingerprint density at radius 1 is 1.25 bits per heavy atom. The van der Waals surface area contributed by atoms with Crippen molar-refractivity contribution in [2.24, 2.45) is 0 Å². The highest BCUT2D eigenvalue weighted by molar-refractivity contribution is 5.89. The number of nitrogens with zero attached hydrogens (tertiary/aromatic N) is 1. The number of alkyl halides is 3. The molecule has 0 aliphatic carbocycles. The van der Waals surface area contributed by atoms with Gasteiger partial charge < -0.3 is 15.5 Å². The number of anilines is 2. The van der Waals surface area contributed by atoms with Gasteiger partial charge in [0.2, 0.25) is 11.8 Å². The van der Waals surface area contributed by atoms with Crippen molar-refractivity contribution >= 4 is 23.2 Å². The van der Waals surface area contributed by atoms with Crippen molar-refractivity contribution in [3.8, 4) is 0 Å². The van der Waals surface area contributed by atoms with Crippen LogP contribution in [0.1, 0.15) is 20.8 Å². The quantitative estimate of drug-likeness (QED) is 0.776. The number of benzene rings is 1. The van der Waals surface area contributed by atoms with Crippen molar-refractivity contribution in [2.75, 3.05) is 23.7 Å². The largest absolute Gasteiger partial charge is 0.406 e. The topological polar surface area (TPSA) is 61.4 Å². The van der Waals surface area contributed by atoms with Crippen LogP contribution in [0.25, 0.3) is 0 Å². The van der Waals surface area contributed by atoms with E-state index in [2.05, 4.69) is 10.6 Å². The highest BCUT2D eigenvalue weighted by atomic mass is 19.4. The van der Waals surface area contributed by atoms with Gasteiger partial charge in [0.25, 0.3) is 0 Å². The molecular formula is C15H19F4N3O2. The zero-order chi connectivity index (χ0) is 18.5. The maximum absolute atomic E-state index is 13.7. The normalized spacial score (nSPS) is 11.3. The fourth-order valence-corrected chi connectivity index (χ4v) is 1.97. The maximum atomic E-state index is 13.7. The van der Waals surface area contributed by atoms with Gasteiger partial charge in [-0.25, -0.2) is 4.39 Å². The summed E-state index contributed by atoms with van der Waals surface area (Å²) in [5, 5.41) is 4.90. The molecule has 2 amide bonds. The molecule has 0 bridgehead atoms. The molecule has 0 unspecified atom stereocenters. The summed E-state index contributed by atoms with van der Waals surface area (Å²) in [5.74, 6) is -1.87. The maximum Gasteiger partial charge on any atom is 0.406 e. The van der Waals surface area contributed by atoms with Crippen molar-refractivity contribution in [1.29, 1.82) is 0 Å². The van der Waals surface area contributed by atoms with Crippen LogP contribution >= 0.6 is 0 Å². The average Bonchev–Trinajstić information content (AvgIpc) is 2.43. The third-order valence-electron chi connectivity index (χ3n) is 3.01. The first-order valence-electron chi connectivity index (χ1n) is 7.17. The van der Waals surface area contributed by atoms with E-state index in [1.165, 1.54) is 32.9 Å². The van der Waals surface area contributed by atoms with Crippen LogP contribution in [0.3, 0.4) is 0 Å². The summed E-state index contributed by atoms with van der Waals surface area (Å²) >= 11 is 0. The second-order valence-corrected chi connectivity index (χ2v) is 5.46. The van der Waals surface area contributed by atoms with E-state index in [1.54, 1.807) is 0 Å². The Balaban J connectivity index is 2.79. The number of hydrogen-bond acceptors (Lipinski definition) is 3. The summed E-state index contributed by atoms with van der Waals surface area (Å²) in [7, 11) is 0. The molecule has 5 nitrogen and oxygen atoms in total. The fraction of sp³-hybridized carbons (Fsp3) is 0.467. The molecule has 0 fully saturated rings. The number of carbonyl (C=O) groups is 2. The third-order valence-corrected chi connectivity index (χ3v) is 3.01. The van der Waals surface area contributed by atoms with Gasteiger partial charge in [-0.3, -0.25) is 9.59 Å². The first-order valence-corrected chi connectivity index (χ1v) is 7.17. The Morgan fingerprint density at radius 2 is 1.88 bits per heavy atom. The van der Waals surface area contributed by atoms with Gasteiger partial charge in [-0.2, -0.15) is 13.2 Å². The molecule has 0 atom stereocenters.